The highest BCUT2D eigenvalue weighted by molar-refractivity contribution is 7.11. The standard InChI is InChI=1S/C19H22N6O2S/c1-10-8-11(2)21-19(20-10)25-16(26)9-14(23-25)18(27)24(4)15-7-5-6-13-17(15)28-12(3)22-13/h8-9,15,23H,5-7H2,1-4H3. The molecule has 1 amide bonds. The minimum absolute atomic E-state index is 0.0215. The van der Waals surface area contributed by atoms with Gasteiger partial charge in [0.2, 0.25) is 0 Å². The van der Waals surface area contributed by atoms with Crippen LogP contribution in [-0.2, 0) is 6.42 Å². The lowest BCUT2D eigenvalue weighted by Crippen LogP contribution is -2.33. The Hall–Kier alpha value is -2.81. The number of aryl methyl sites for hydroxylation is 4. The molecule has 0 radical (unpaired) electrons. The number of amides is 1. The van der Waals surface area contributed by atoms with Crippen LogP contribution in [0.4, 0.5) is 0 Å². The van der Waals surface area contributed by atoms with E-state index in [1.807, 2.05) is 26.8 Å². The lowest BCUT2D eigenvalue weighted by atomic mass is 9.97. The molecule has 0 fully saturated rings. The molecule has 1 aliphatic carbocycles. The molecule has 9 heteroatoms. The van der Waals surface area contributed by atoms with Crippen molar-refractivity contribution in [1.82, 2.24) is 29.6 Å². The Bertz CT molecular complexity index is 1090. The Morgan fingerprint density at radius 2 is 1.93 bits per heavy atom. The predicted molar refractivity (Wildman–Crippen MR) is 106 cm³/mol. The van der Waals surface area contributed by atoms with Gasteiger partial charge in [-0.25, -0.2) is 15.0 Å². The summed E-state index contributed by atoms with van der Waals surface area (Å²) in [6.07, 6.45) is 2.84. The zero-order chi connectivity index (χ0) is 20.0. The predicted octanol–water partition coefficient (Wildman–Crippen LogP) is 2.49. The van der Waals surface area contributed by atoms with Crippen molar-refractivity contribution in [2.24, 2.45) is 0 Å². The SMILES string of the molecule is Cc1cc(C)nc(-n2[nH]c(C(=O)N(C)C3CCCc4nc(C)sc43)cc2=O)n1. The molecule has 1 atom stereocenters. The first-order valence-corrected chi connectivity index (χ1v) is 10.0. The zero-order valence-electron chi connectivity index (χ0n) is 16.3. The summed E-state index contributed by atoms with van der Waals surface area (Å²) in [6, 6.07) is 3.11. The van der Waals surface area contributed by atoms with Crippen LogP contribution < -0.4 is 5.56 Å². The summed E-state index contributed by atoms with van der Waals surface area (Å²) < 4.78 is 1.21. The number of H-pyrrole nitrogens is 1. The maximum atomic E-state index is 13.1. The van der Waals surface area contributed by atoms with Gasteiger partial charge in [-0.15, -0.1) is 11.3 Å². The van der Waals surface area contributed by atoms with Crippen LogP contribution in [0.3, 0.4) is 0 Å². The van der Waals surface area contributed by atoms with Crippen molar-refractivity contribution < 1.29 is 4.79 Å². The number of nitrogens with zero attached hydrogens (tertiary/aromatic N) is 5. The highest BCUT2D eigenvalue weighted by Gasteiger charge is 2.31. The van der Waals surface area contributed by atoms with E-state index in [9.17, 15) is 9.59 Å². The number of thiazole rings is 1. The first-order chi connectivity index (χ1) is 13.3. The molecule has 1 unspecified atom stereocenters. The first kappa shape index (κ1) is 18.5. The maximum absolute atomic E-state index is 13.1. The molecule has 4 rings (SSSR count). The Morgan fingerprint density at radius 1 is 1.21 bits per heavy atom. The van der Waals surface area contributed by atoms with Crippen LogP contribution in [0.5, 0.6) is 0 Å². The molecule has 0 spiro atoms. The number of fused-ring (bicyclic) bond motifs is 1. The zero-order valence-corrected chi connectivity index (χ0v) is 17.1. The van der Waals surface area contributed by atoms with E-state index in [4.69, 9.17) is 0 Å². The van der Waals surface area contributed by atoms with Gasteiger partial charge in [0, 0.05) is 24.5 Å². The van der Waals surface area contributed by atoms with Crippen molar-refractivity contribution >= 4 is 17.2 Å². The van der Waals surface area contributed by atoms with E-state index in [-0.39, 0.29) is 29.2 Å². The molecule has 146 valence electrons. The van der Waals surface area contributed by atoms with Crippen molar-refractivity contribution in [3.63, 3.8) is 0 Å². The first-order valence-electron chi connectivity index (χ1n) is 9.21. The average molecular weight is 398 g/mol. The van der Waals surface area contributed by atoms with E-state index in [1.54, 1.807) is 23.3 Å². The molecule has 0 saturated carbocycles. The van der Waals surface area contributed by atoms with Crippen LogP contribution in [0.2, 0.25) is 0 Å². The van der Waals surface area contributed by atoms with Gasteiger partial charge in [0.1, 0.15) is 5.69 Å². The minimum Gasteiger partial charge on any atom is -0.332 e. The summed E-state index contributed by atoms with van der Waals surface area (Å²) in [5.74, 6) is 0.00589. The third-order valence-corrected chi connectivity index (χ3v) is 6.05. The number of aromatic nitrogens is 5. The number of aromatic amines is 1. The van der Waals surface area contributed by atoms with Gasteiger partial charge in [-0.2, -0.15) is 4.68 Å². The molecule has 3 aromatic heterocycles. The Kier molecular flexibility index (Phi) is 4.62. The van der Waals surface area contributed by atoms with Crippen molar-refractivity contribution in [2.45, 2.75) is 46.1 Å². The number of nitrogens with one attached hydrogen (secondary N) is 1. The average Bonchev–Trinajstić information content (AvgIpc) is 3.21. The summed E-state index contributed by atoms with van der Waals surface area (Å²) in [4.78, 5) is 41.6. The highest BCUT2D eigenvalue weighted by Crippen LogP contribution is 2.37. The number of carbonyl (C=O) groups is 1. The summed E-state index contributed by atoms with van der Waals surface area (Å²) in [6.45, 7) is 5.66. The molecule has 3 aromatic rings. The summed E-state index contributed by atoms with van der Waals surface area (Å²) in [7, 11) is 1.78. The summed E-state index contributed by atoms with van der Waals surface area (Å²) in [5, 5.41) is 3.89. The van der Waals surface area contributed by atoms with E-state index in [0.717, 1.165) is 46.2 Å². The molecule has 0 saturated heterocycles. The summed E-state index contributed by atoms with van der Waals surface area (Å²) in [5.41, 5.74) is 2.46. The van der Waals surface area contributed by atoms with Crippen molar-refractivity contribution in [1.29, 1.82) is 0 Å². The minimum atomic E-state index is -0.361. The fraction of sp³-hybridized carbons (Fsp3) is 0.421. The van der Waals surface area contributed by atoms with Gasteiger partial charge in [-0.1, -0.05) is 0 Å². The second-order valence-electron chi connectivity index (χ2n) is 7.16. The van der Waals surface area contributed by atoms with Crippen LogP contribution in [0, 0.1) is 20.8 Å². The molecule has 0 aliphatic heterocycles. The van der Waals surface area contributed by atoms with Gasteiger partial charge < -0.3 is 4.90 Å². The number of carbonyl (C=O) groups excluding carboxylic acids is 1. The van der Waals surface area contributed by atoms with Crippen molar-refractivity contribution in [3.8, 4) is 5.95 Å². The fourth-order valence-electron chi connectivity index (χ4n) is 3.68. The molecular weight excluding hydrogens is 376 g/mol. The Morgan fingerprint density at radius 3 is 2.64 bits per heavy atom. The second-order valence-corrected chi connectivity index (χ2v) is 8.40. The van der Waals surface area contributed by atoms with Gasteiger partial charge in [-0.3, -0.25) is 14.7 Å². The van der Waals surface area contributed by atoms with Crippen LogP contribution in [-0.4, -0.2) is 42.6 Å². The van der Waals surface area contributed by atoms with E-state index in [2.05, 4.69) is 20.1 Å². The molecule has 3 heterocycles. The molecule has 1 aliphatic rings. The van der Waals surface area contributed by atoms with Crippen LogP contribution >= 0.6 is 11.3 Å². The highest BCUT2D eigenvalue weighted by atomic mass is 32.1. The number of hydrogen-bond donors (Lipinski definition) is 1. The molecule has 28 heavy (non-hydrogen) atoms. The number of rotatable bonds is 3. The van der Waals surface area contributed by atoms with Crippen LogP contribution in [0.1, 0.15) is 56.3 Å². The molecule has 8 nitrogen and oxygen atoms in total. The summed E-state index contributed by atoms with van der Waals surface area (Å²) >= 11 is 1.65. The molecule has 0 bridgehead atoms. The second kappa shape index (κ2) is 6.97. The lowest BCUT2D eigenvalue weighted by molar-refractivity contribution is 0.0711. The largest absolute Gasteiger partial charge is 0.332 e. The molecule has 0 aromatic carbocycles. The molecular formula is C19H22N6O2S. The van der Waals surface area contributed by atoms with Crippen LogP contribution in [0.15, 0.2) is 16.9 Å². The smallest absolute Gasteiger partial charge is 0.274 e. The fourth-order valence-corrected chi connectivity index (χ4v) is 4.83. The quantitative estimate of drug-likeness (QED) is 0.731. The van der Waals surface area contributed by atoms with Gasteiger partial charge >= 0.3 is 0 Å². The lowest BCUT2D eigenvalue weighted by Gasteiger charge is -2.30. The van der Waals surface area contributed by atoms with Gasteiger partial charge in [0.05, 0.1) is 21.6 Å². The van der Waals surface area contributed by atoms with Crippen LogP contribution in [0.25, 0.3) is 5.95 Å². The third-order valence-electron chi connectivity index (χ3n) is 4.94. The Balaban J connectivity index is 1.65. The monoisotopic (exact) mass is 398 g/mol. The van der Waals surface area contributed by atoms with E-state index in [1.165, 1.54) is 10.7 Å². The number of hydrogen-bond acceptors (Lipinski definition) is 6. The van der Waals surface area contributed by atoms with Crippen molar-refractivity contribution in [2.75, 3.05) is 7.05 Å². The van der Waals surface area contributed by atoms with E-state index >= 15 is 0 Å². The van der Waals surface area contributed by atoms with Gasteiger partial charge in [0.25, 0.3) is 17.4 Å². The van der Waals surface area contributed by atoms with Crippen molar-refractivity contribution in [3.05, 3.63) is 55.1 Å². The van der Waals surface area contributed by atoms with Gasteiger partial charge in [-0.05, 0) is 46.1 Å². The molecule has 1 N–H and O–H groups in total. The topological polar surface area (TPSA) is 96.8 Å². The van der Waals surface area contributed by atoms with E-state index in [0.29, 0.717) is 0 Å². The maximum Gasteiger partial charge on any atom is 0.274 e. The normalized spacial score (nSPS) is 16.1. The third kappa shape index (κ3) is 3.26. The Labute approximate surface area is 166 Å². The van der Waals surface area contributed by atoms with Gasteiger partial charge in [0.15, 0.2) is 0 Å². The van der Waals surface area contributed by atoms with E-state index < -0.39 is 0 Å².